The lowest BCUT2D eigenvalue weighted by atomic mass is 10.2. The van der Waals surface area contributed by atoms with Crippen LogP contribution < -0.4 is 10.6 Å². The van der Waals surface area contributed by atoms with Gasteiger partial charge in [-0.3, -0.25) is 4.79 Å². The smallest absolute Gasteiger partial charge is 0.277 e. The number of anilines is 3. The second-order valence-electron chi connectivity index (χ2n) is 6.09. The highest BCUT2D eigenvalue weighted by Gasteiger charge is 2.11. The van der Waals surface area contributed by atoms with Crippen molar-refractivity contribution in [2.45, 2.75) is 13.8 Å². The van der Waals surface area contributed by atoms with Crippen LogP contribution in [0.15, 0.2) is 59.4 Å². The number of rotatable bonds is 5. The summed E-state index contributed by atoms with van der Waals surface area (Å²) in [5, 5.41) is 13.9. The summed E-state index contributed by atoms with van der Waals surface area (Å²) in [6.45, 7) is 3.55. The molecule has 9 heteroatoms. The number of amides is 1. The van der Waals surface area contributed by atoms with Gasteiger partial charge in [-0.1, -0.05) is 5.16 Å². The van der Waals surface area contributed by atoms with Crippen LogP contribution in [-0.4, -0.2) is 30.8 Å². The van der Waals surface area contributed by atoms with E-state index in [2.05, 4.69) is 30.9 Å². The van der Waals surface area contributed by atoms with Crippen LogP contribution in [0.3, 0.4) is 0 Å². The zero-order valence-corrected chi connectivity index (χ0v) is 15.2. The van der Waals surface area contributed by atoms with Crippen molar-refractivity contribution in [2.75, 3.05) is 10.6 Å². The number of carbonyl (C=O) groups excluding carboxylic acids is 1. The molecule has 0 aliphatic rings. The number of aryl methyl sites for hydroxylation is 2. The fourth-order valence-electron chi connectivity index (χ4n) is 2.59. The minimum atomic E-state index is -0.326. The van der Waals surface area contributed by atoms with Crippen molar-refractivity contribution in [3.8, 4) is 5.82 Å². The zero-order valence-electron chi connectivity index (χ0n) is 15.2. The predicted octanol–water partition coefficient (Wildman–Crippen LogP) is 3.26. The molecule has 3 heterocycles. The Hall–Kier alpha value is -4.01. The molecule has 1 aromatic carbocycles. The quantitative estimate of drug-likeness (QED) is 0.551. The summed E-state index contributed by atoms with van der Waals surface area (Å²) in [6, 6.07) is 12.5. The Bertz CT molecular complexity index is 1100. The van der Waals surface area contributed by atoms with Crippen LogP contribution in [0.2, 0.25) is 0 Å². The maximum Gasteiger partial charge on any atom is 0.277 e. The minimum absolute atomic E-state index is 0.238. The molecule has 0 atom stereocenters. The van der Waals surface area contributed by atoms with Crippen LogP contribution in [-0.2, 0) is 0 Å². The normalized spacial score (nSPS) is 10.6. The van der Waals surface area contributed by atoms with E-state index in [0.29, 0.717) is 28.9 Å². The molecule has 0 radical (unpaired) electrons. The van der Waals surface area contributed by atoms with Crippen molar-refractivity contribution in [3.63, 3.8) is 0 Å². The molecule has 4 rings (SSSR count). The van der Waals surface area contributed by atoms with E-state index >= 15 is 0 Å². The average Bonchev–Trinajstić information content (AvgIpc) is 3.35. The van der Waals surface area contributed by atoms with Crippen LogP contribution in [0.1, 0.15) is 22.1 Å². The maximum absolute atomic E-state index is 12.1. The van der Waals surface area contributed by atoms with E-state index in [-0.39, 0.29) is 11.6 Å². The van der Waals surface area contributed by atoms with Gasteiger partial charge in [-0.2, -0.15) is 5.10 Å². The predicted molar refractivity (Wildman–Crippen MR) is 103 cm³/mol. The Kier molecular flexibility index (Phi) is 4.55. The van der Waals surface area contributed by atoms with E-state index in [4.69, 9.17) is 4.52 Å². The molecule has 0 bridgehead atoms. The van der Waals surface area contributed by atoms with Gasteiger partial charge in [0.2, 0.25) is 0 Å². The third-order valence-electron chi connectivity index (χ3n) is 3.84. The minimum Gasteiger partial charge on any atom is -0.361 e. The summed E-state index contributed by atoms with van der Waals surface area (Å²) >= 11 is 0. The molecule has 9 nitrogen and oxygen atoms in total. The fraction of sp³-hybridized carbons (Fsp3) is 0.105. The highest BCUT2D eigenvalue weighted by molar-refractivity contribution is 6.02. The maximum atomic E-state index is 12.1. The highest BCUT2D eigenvalue weighted by Crippen LogP contribution is 2.19. The third-order valence-corrected chi connectivity index (χ3v) is 3.84. The molecule has 0 fully saturated rings. The van der Waals surface area contributed by atoms with Crippen LogP contribution in [0.5, 0.6) is 0 Å². The lowest BCUT2D eigenvalue weighted by Crippen LogP contribution is -2.12. The van der Waals surface area contributed by atoms with Crippen LogP contribution in [0.4, 0.5) is 17.2 Å². The molecule has 28 heavy (non-hydrogen) atoms. The fourth-order valence-corrected chi connectivity index (χ4v) is 2.59. The first-order chi connectivity index (χ1) is 13.6. The van der Waals surface area contributed by atoms with Crippen molar-refractivity contribution >= 4 is 23.1 Å². The summed E-state index contributed by atoms with van der Waals surface area (Å²) in [7, 11) is 0. The monoisotopic (exact) mass is 375 g/mol. The largest absolute Gasteiger partial charge is 0.361 e. The number of nitrogens with one attached hydrogen (secondary N) is 2. The number of hydrogen-bond acceptors (Lipinski definition) is 7. The lowest BCUT2D eigenvalue weighted by Gasteiger charge is -2.10. The van der Waals surface area contributed by atoms with Crippen LogP contribution in [0, 0.1) is 13.8 Å². The first-order valence-electron chi connectivity index (χ1n) is 8.54. The molecule has 0 aliphatic heterocycles. The van der Waals surface area contributed by atoms with E-state index in [0.717, 1.165) is 5.69 Å². The summed E-state index contributed by atoms with van der Waals surface area (Å²) in [5.41, 5.74) is 1.70. The van der Waals surface area contributed by atoms with Crippen molar-refractivity contribution in [1.29, 1.82) is 0 Å². The van der Waals surface area contributed by atoms with E-state index in [1.807, 2.05) is 37.4 Å². The molecule has 1 amide bonds. The molecule has 3 aromatic heterocycles. The number of hydrogen-bond donors (Lipinski definition) is 2. The van der Waals surface area contributed by atoms with Gasteiger partial charge in [-0.25, -0.2) is 14.6 Å². The molecule has 140 valence electrons. The highest BCUT2D eigenvalue weighted by atomic mass is 16.5. The number of carbonyl (C=O) groups is 1. The second-order valence-corrected chi connectivity index (χ2v) is 6.09. The van der Waals surface area contributed by atoms with Gasteiger partial charge in [0.15, 0.2) is 11.5 Å². The van der Waals surface area contributed by atoms with Gasteiger partial charge in [0.1, 0.15) is 17.4 Å². The summed E-state index contributed by atoms with van der Waals surface area (Å²) in [4.78, 5) is 20.9. The molecule has 0 saturated carbocycles. The Morgan fingerprint density at radius 2 is 1.86 bits per heavy atom. The van der Waals surface area contributed by atoms with Gasteiger partial charge in [-0.05, 0) is 44.2 Å². The summed E-state index contributed by atoms with van der Waals surface area (Å²) in [6.07, 6.45) is 3.51. The number of benzene rings is 1. The van der Waals surface area contributed by atoms with E-state index in [9.17, 15) is 4.79 Å². The van der Waals surface area contributed by atoms with Gasteiger partial charge >= 0.3 is 0 Å². The second kappa shape index (κ2) is 7.31. The molecule has 0 unspecified atom stereocenters. The van der Waals surface area contributed by atoms with Crippen molar-refractivity contribution in [2.24, 2.45) is 0 Å². The molecular formula is C19H17N7O2. The van der Waals surface area contributed by atoms with Crippen LogP contribution >= 0.6 is 0 Å². The van der Waals surface area contributed by atoms with Crippen LogP contribution in [0.25, 0.3) is 5.82 Å². The molecule has 4 aromatic rings. The summed E-state index contributed by atoms with van der Waals surface area (Å²) in [5.74, 6) is 2.20. The van der Waals surface area contributed by atoms with Gasteiger partial charge in [0, 0.05) is 35.9 Å². The first kappa shape index (κ1) is 17.4. The molecule has 0 aliphatic carbocycles. The van der Waals surface area contributed by atoms with E-state index < -0.39 is 0 Å². The van der Waals surface area contributed by atoms with Gasteiger partial charge in [0.05, 0.1) is 0 Å². The van der Waals surface area contributed by atoms with Crippen molar-refractivity contribution < 1.29 is 9.32 Å². The third kappa shape index (κ3) is 3.88. The Morgan fingerprint density at radius 3 is 2.54 bits per heavy atom. The zero-order chi connectivity index (χ0) is 19.5. The molecular weight excluding hydrogens is 358 g/mol. The molecule has 2 N–H and O–H groups in total. The SMILES string of the molecule is Cc1nc(Nc2ccc(NC(=O)c3cc(C)on3)cc2)cc(-n2cccn2)n1. The van der Waals surface area contributed by atoms with Gasteiger partial charge in [0.25, 0.3) is 5.91 Å². The topological polar surface area (TPSA) is 111 Å². The standard InChI is InChI=1S/C19H17N7O2/c1-12-10-16(25-28-12)19(27)24-15-6-4-14(5-7-15)23-17-11-18(22-13(2)21-17)26-9-3-8-20-26/h3-11H,1-2H3,(H,24,27)(H,21,22,23). The number of aromatic nitrogens is 5. The number of nitrogens with zero attached hydrogens (tertiary/aromatic N) is 5. The average molecular weight is 375 g/mol. The van der Waals surface area contributed by atoms with Crippen molar-refractivity contribution in [3.05, 3.63) is 72.1 Å². The van der Waals surface area contributed by atoms with Gasteiger partial charge in [-0.15, -0.1) is 0 Å². The molecule has 0 spiro atoms. The Balaban J connectivity index is 1.47. The van der Waals surface area contributed by atoms with E-state index in [1.54, 1.807) is 36.0 Å². The Labute approximate surface area is 160 Å². The Morgan fingerprint density at radius 1 is 1.07 bits per heavy atom. The van der Waals surface area contributed by atoms with E-state index in [1.165, 1.54) is 0 Å². The first-order valence-corrected chi connectivity index (χ1v) is 8.54. The molecule has 0 saturated heterocycles. The lowest BCUT2D eigenvalue weighted by molar-refractivity contribution is 0.101. The summed E-state index contributed by atoms with van der Waals surface area (Å²) < 4.78 is 6.59. The van der Waals surface area contributed by atoms with Gasteiger partial charge < -0.3 is 15.2 Å². The van der Waals surface area contributed by atoms with Crippen molar-refractivity contribution in [1.82, 2.24) is 24.9 Å².